The Morgan fingerprint density at radius 3 is 2.42 bits per heavy atom. The van der Waals surface area contributed by atoms with E-state index in [4.69, 9.17) is 4.42 Å². The molecule has 0 spiro atoms. The van der Waals surface area contributed by atoms with Crippen molar-refractivity contribution in [3.05, 3.63) is 59.8 Å². The molecule has 0 saturated heterocycles. The lowest BCUT2D eigenvalue weighted by Gasteiger charge is -2.34. The molecule has 2 nitrogen and oxygen atoms in total. The fourth-order valence-electron chi connectivity index (χ4n) is 2.42. The van der Waals surface area contributed by atoms with Gasteiger partial charge in [0.25, 0.3) is 0 Å². The predicted molar refractivity (Wildman–Crippen MR) is 74.6 cm³/mol. The Morgan fingerprint density at radius 2 is 1.89 bits per heavy atom. The number of hydrogen-bond acceptors (Lipinski definition) is 2. The average Bonchev–Trinajstić information content (AvgIpc) is 2.89. The molecule has 0 aliphatic rings. The smallest absolute Gasteiger partial charge is 0.123 e. The van der Waals surface area contributed by atoms with Crippen LogP contribution >= 0.6 is 0 Å². The molecule has 0 fully saturated rings. The molecule has 2 aromatic rings. The second-order valence-electron chi connectivity index (χ2n) is 5.23. The Morgan fingerprint density at radius 1 is 1.21 bits per heavy atom. The minimum Gasteiger partial charge on any atom is -0.468 e. The van der Waals surface area contributed by atoms with Crippen LogP contribution in [0, 0.1) is 5.82 Å². The van der Waals surface area contributed by atoms with Crippen molar-refractivity contribution in [2.24, 2.45) is 0 Å². The van der Waals surface area contributed by atoms with E-state index < -0.39 is 0 Å². The number of benzene rings is 1. The number of halogens is 1. The predicted octanol–water partition coefficient (Wildman–Crippen LogP) is 4.05. The molecule has 1 N–H and O–H groups in total. The van der Waals surface area contributed by atoms with Gasteiger partial charge in [-0.05, 0) is 36.4 Å². The van der Waals surface area contributed by atoms with Crippen LogP contribution in [0.5, 0.6) is 0 Å². The van der Waals surface area contributed by atoms with Gasteiger partial charge in [-0.3, -0.25) is 0 Å². The molecule has 0 aliphatic carbocycles. The van der Waals surface area contributed by atoms with Crippen molar-refractivity contribution in [3.8, 4) is 0 Å². The van der Waals surface area contributed by atoms with Crippen LogP contribution in [0.25, 0.3) is 0 Å². The van der Waals surface area contributed by atoms with E-state index in [-0.39, 0.29) is 17.3 Å². The van der Waals surface area contributed by atoms with Gasteiger partial charge in [0.2, 0.25) is 0 Å². The highest BCUT2D eigenvalue weighted by atomic mass is 19.1. The number of rotatable bonds is 5. The third-order valence-corrected chi connectivity index (χ3v) is 3.55. The summed E-state index contributed by atoms with van der Waals surface area (Å²) in [6.07, 6.45) is 1.68. The van der Waals surface area contributed by atoms with Gasteiger partial charge in [0.1, 0.15) is 11.6 Å². The van der Waals surface area contributed by atoms with Crippen molar-refractivity contribution < 1.29 is 8.81 Å². The summed E-state index contributed by atoms with van der Waals surface area (Å²) in [7, 11) is 0. The summed E-state index contributed by atoms with van der Waals surface area (Å²) in [6.45, 7) is 7.18. The number of hydrogen-bond donors (Lipinski definition) is 1. The van der Waals surface area contributed by atoms with Crippen LogP contribution in [0.3, 0.4) is 0 Å². The first-order chi connectivity index (χ1) is 9.05. The zero-order valence-corrected chi connectivity index (χ0v) is 11.6. The number of furan rings is 1. The molecule has 19 heavy (non-hydrogen) atoms. The fraction of sp³-hybridized carbons (Fsp3) is 0.375. The molecule has 3 heteroatoms. The Bertz CT molecular complexity index is 502. The summed E-state index contributed by atoms with van der Waals surface area (Å²) in [5.41, 5.74) is 0.887. The van der Waals surface area contributed by atoms with Crippen LogP contribution in [0.4, 0.5) is 4.39 Å². The van der Waals surface area contributed by atoms with E-state index in [1.807, 2.05) is 24.3 Å². The summed E-state index contributed by atoms with van der Waals surface area (Å²) in [4.78, 5) is 0. The van der Waals surface area contributed by atoms with E-state index in [0.29, 0.717) is 0 Å². The van der Waals surface area contributed by atoms with E-state index in [9.17, 15) is 4.39 Å². The molecule has 1 aromatic heterocycles. The third-order valence-electron chi connectivity index (χ3n) is 3.55. The highest BCUT2D eigenvalue weighted by Crippen LogP contribution is 2.37. The van der Waals surface area contributed by atoms with Crippen molar-refractivity contribution in [2.75, 3.05) is 6.54 Å². The van der Waals surface area contributed by atoms with Gasteiger partial charge < -0.3 is 9.73 Å². The highest BCUT2D eigenvalue weighted by Gasteiger charge is 2.33. The maximum Gasteiger partial charge on any atom is 0.123 e. The molecule has 0 radical (unpaired) electrons. The molecule has 1 unspecified atom stereocenters. The molecule has 1 aromatic carbocycles. The molecule has 2 rings (SSSR count). The maximum absolute atomic E-state index is 13.1. The fourth-order valence-corrected chi connectivity index (χ4v) is 2.42. The van der Waals surface area contributed by atoms with E-state index in [1.165, 1.54) is 12.1 Å². The molecule has 0 aliphatic heterocycles. The summed E-state index contributed by atoms with van der Waals surface area (Å²) in [6, 6.07) is 10.6. The first-order valence-electron chi connectivity index (χ1n) is 6.58. The van der Waals surface area contributed by atoms with Gasteiger partial charge >= 0.3 is 0 Å². The third kappa shape index (κ3) is 2.87. The second kappa shape index (κ2) is 5.57. The first-order valence-corrected chi connectivity index (χ1v) is 6.58. The second-order valence-corrected chi connectivity index (χ2v) is 5.23. The minimum atomic E-state index is -0.211. The lowest BCUT2D eigenvalue weighted by molar-refractivity contribution is 0.301. The van der Waals surface area contributed by atoms with E-state index in [1.54, 1.807) is 6.26 Å². The molecular weight excluding hydrogens is 241 g/mol. The van der Waals surface area contributed by atoms with Gasteiger partial charge in [0, 0.05) is 5.41 Å². The zero-order chi connectivity index (χ0) is 13.9. The minimum absolute atomic E-state index is 0.0537. The first kappa shape index (κ1) is 13.8. The normalized spacial score (nSPS) is 13.5. The van der Waals surface area contributed by atoms with E-state index >= 15 is 0 Å². The molecule has 0 bridgehead atoms. The SMILES string of the molecule is CCNC(c1ccco1)C(C)(C)c1ccc(F)cc1. The summed E-state index contributed by atoms with van der Waals surface area (Å²) in [5, 5.41) is 3.45. The van der Waals surface area contributed by atoms with Crippen LogP contribution in [0.2, 0.25) is 0 Å². The van der Waals surface area contributed by atoms with Crippen LogP contribution in [0.1, 0.15) is 38.1 Å². The summed E-state index contributed by atoms with van der Waals surface area (Å²) >= 11 is 0. The van der Waals surface area contributed by atoms with Gasteiger partial charge in [0.05, 0.1) is 12.3 Å². The topological polar surface area (TPSA) is 25.2 Å². The monoisotopic (exact) mass is 261 g/mol. The van der Waals surface area contributed by atoms with Gasteiger partial charge in [-0.25, -0.2) is 4.39 Å². The van der Waals surface area contributed by atoms with Crippen molar-refractivity contribution in [1.82, 2.24) is 5.32 Å². The van der Waals surface area contributed by atoms with Crippen molar-refractivity contribution in [2.45, 2.75) is 32.2 Å². The Kier molecular flexibility index (Phi) is 4.05. The molecule has 1 heterocycles. The lowest BCUT2D eigenvalue weighted by atomic mass is 9.76. The summed E-state index contributed by atoms with van der Waals surface area (Å²) < 4.78 is 18.6. The zero-order valence-electron chi connectivity index (χ0n) is 11.6. The van der Waals surface area contributed by atoms with Crippen LogP contribution in [-0.2, 0) is 5.41 Å². The molecule has 0 amide bonds. The molecule has 102 valence electrons. The molecule has 1 atom stereocenters. The van der Waals surface area contributed by atoms with Gasteiger partial charge in [-0.15, -0.1) is 0 Å². The maximum atomic E-state index is 13.1. The Hall–Kier alpha value is -1.61. The van der Waals surface area contributed by atoms with Gasteiger partial charge in [-0.1, -0.05) is 32.9 Å². The number of nitrogens with one attached hydrogen (secondary N) is 1. The largest absolute Gasteiger partial charge is 0.468 e. The number of likely N-dealkylation sites (N-methyl/N-ethyl adjacent to an activating group) is 1. The van der Waals surface area contributed by atoms with Gasteiger partial charge in [-0.2, -0.15) is 0 Å². The molecule has 0 saturated carbocycles. The lowest BCUT2D eigenvalue weighted by Crippen LogP contribution is -2.37. The van der Waals surface area contributed by atoms with Gasteiger partial charge in [0.15, 0.2) is 0 Å². The van der Waals surface area contributed by atoms with E-state index in [2.05, 4.69) is 26.1 Å². The van der Waals surface area contributed by atoms with Crippen molar-refractivity contribution in [1.29, 1.82) is 0 Å². The Balaban J connectivity index is 2.36. The van der Waals surface area contributed by atoms with Crippen molar-refractivity contribution in [3.63, 3.8) is 0 Å². The summed E-state index contributed by atoms with van der Waals surface area (Å²) in [5.74, 6) is 0.689. The van der Waals surface area contributed by atoms with Crippen LogP contribution < -0.4 is 5.32 Å². The quantitative estimate of drug-likeness (QED) is 0.878. The van der Waals surface area contributed by atoms with Crippen LogP contribution in [-0.4, -0.2) is 6.54 Å². The average molecular weight is 261 g/mol. The van der Waals surface area contributed by atoms with Crippen molar-refractivity contribution >= 4 is 0 Å². The highest BCUT2D eigenvalue weighted by molar-refractivity contribution is 5.29. The molecular formula is C16H20FNO. The van der Waals surface area contributed by atoms with Crippen LogP contribution in [0.15, 0.2) is 47.1 Å². The van der Waals surface area contributed by atoms with E-state index in [0.717, 1.165) is 17.9 Å². The Labute approximate surface area is 113 Å². The standard InChI is InChI=1S/C16H20FNO/c1-4-18-15(14-6-5-11-19-14)16(2,3)12-7-9-13(17)10-8-12/h5-11,15,18H,4H2,1-3H3.